The molecule has 0 saturated carbocycles. The summed E-state index contributed by atoms with van der Waals surface area (Å²) in [6, 6.07) is 3.86. The van der Waals surface area contributed by atoms with Gasteiger partial charge in [-0.1, -0.05) is 0 Å². The van der Waals surface area contributed by atoms with E-state index in [-0.39, 0.29) is 16.7 Å². The summed E-state index contributed by atoms with van der Waals surface area (Å²) in [5.41, 5.74) is 0.0572. The number of Topliss-reactive ketones (excluding diaryl/α,β-unsaturated/α-hetero) is 1. The molecule has 0 aliphatic rings. The number of aromatic amines is 1. The minimum absolute atomic E-state index is 0.0341. The standard InChI is InChI=1S/C12H11FN2O2/c1-7(16)2-5-11-14-10-4-3-8(13)6-9(10)12(17)15-11/h3-4,6H,2,5H2,1H3,(H,14,15,17). The predicted molar refractivity (Wildman–Crippen MR) is 61.3 cm³/mol. The van der Waals surface area contributed by atoms with Crippen molar-refractivity contribution < 1.29 is 9.18 Å². The molecule has 0 aliphatic carbocycles. The van der Waals surface area contributed by atoms with Crippen LogP contribution in [0.3, 0.4) is 0 Å². The molecule has 0 bridgehead atoms. The van der Waals surface area contributed by atoms with Gasteiger partial charge in [0.2, 0.25) is 0 Å². The van der Waals surface area contributed by atoms with Gasteiger partial charge in [0, 0.05) is 12.8 Å². The number of ketones is 1. The molecule has 0 fully saturated rings. The molecule has 0 unspecified atom stereocenters. The molecule has 1 aromatic carbocycles. The monoisotopic (exact) mass is 234 g/mol. The molecule has 4 nitrogen and oxygen atoms in total. The van der Waals surface area contributed by atoms with Crippen molar-refractivity contribution in [3.8, 4) is 0 Å². The van der Waals surface area contributed by atoms with Crippen LogP contribution in [0, 0.1) is 5.82 Å². The lowest BCUT2D eigenvalue weighted by atomic mass is 10.2. The number of hydrogen-bond acceptors (Lipinski definition) is 3. The number of carbonyl (C=O) groups excluding carboxylic acids is 1. The third kappa shape index (κ3) is 2.55. The van der Waals surface area contributed by atoms with Gasteiger partial charge in [-0.3, -0.25) is 4.79 Å². The van der Waals surface area contributed by atoms with Crippen molar-refractivity contribution >= 4 is 16.7 Å². The lowest BCUT2D eigenvalue weighted by molar-refractivity contribution is -0.117. The number of carbonyl (C=O) groups is 1. The first-order valence-electron chi connectivity index (χ1n) is 5.24. The average Bonchev–Trinajstić information content (AvgIpc) is 2.27. The van der Waals surface area contributed by atoms with Crippen LogP contribution in [-0.2, 0) is 11.2 Å². The van der Waals surface area contributed by atoms with Gasteiger partial charge in [-0.25, -0.2) is 9.37 Å². The van der Waals surface area contributed by atoms with Crippen molar-refractivity contribution in [2.45, 2.75) is 19.8 Å². The van der Waals surface area contributed by atoms with E-state index in [1.54, 1.807) is 0 Å². The van der Waals surface area contributed by atoms with E-state index in [0.717, 1.165) is 6.07 Å². The molecule has 5 heteroatoms. The second-order valence-corrected chi connectivity index (χ2v) is 3.88. The summed E-state index contributed by atoms with van der Waals surface area (Å²) in [6.07, 6.45) is 0.716. The molecule has 0 radical (unpaired) electrons. The second-order valence-electron chi connectivity index (χ2n) is 3.88. The lowest BCUT2D eigenvalue weighted by Crippen LogP contribution is -2.12. The highest BCUT2D eigenvalue weighted by Crippen LogP contribution is 2.09. The molecule has 0 saturated heterocycles. The predicted octanol–water partition coefficient (Wildman–Crippen LogP) is 1.58. The Balaban J connectivity index is 2.45. The van der Waals surface area contributed by atoms with Crippen LogP contribution in [-0.4, -0.2) is 15.8 Å². The molecule has 2 rings (SSSR count). The Labute approximate surface area is 96.5 Å². The van der Waals surface area contributed by atoms with Crippen molar-refractivity contribution in [2.24, 2.45) is 0 Å². The van der Waals surface area contributed by atoms with Crippen LogP contribution < -0.4 is 5.56 Å². The summed E-state index contributed by atoms with van der Waals surface area (Å²) in [7, 11) is 0. The zero-order chi connectivity index (χ0) is 12.4. The molecule has 0 atom stereocenters. The molecule has 17 heavy (non-hydrogen) atoms. The van der Waals surface area contributed by atoms with Crippen molar-refractivity contribution in [3.05, 3.63) is 40.2 Å². The van der Waals surface area contributed by atoms with Gasteiger partial charge >= 0.3 is 0 Å². The number of hydrogen-bond donors (Lipinski definition) is 1. The number of aromatic nitrogens is 2. The Morgan fingerprint density at radius 1 is 1.47 bits per heavy atom. The van der Waals surface area contributed by atoms with Gasteiger partial charge in [0.25, 0.3) is 5.56 Å². The number of halogens is 1. The summed E-state index contributed by atoms with van der Waals surface area (Å²) in [5, 5.41) is 0.219. The van der Waals surface area contributed by atoms with Crippen LogP contribution in [0.5, 0.6) is 0 Å². The van der Waals surface area contributed by atoms with Crippen molar-refractivity contribution in [1.82, 2.24) is 9.97 Å². The molecule has 1 heterocycles. The van der Waals surface area contributed by atoms with E-state index in [9.17, 15) is 14.0 Å². The Bertz CT molecular complexity index is 634. The van der Waals surface area contributed by atoms with Gasteiger partial charge in [-0.05, 0) is 25.1 Å². The number of H-pyrrole nitrogens is 1. The molecular weight excluding hydrogens is 223 g/mol. The summed E-state index contributed by atoms with van der Waals surface area (Å²) in [6.45, 7) is 1.48. The van der Waals surface area contributed by atoms with Gasteiger partial charge in [-0.2, -0.15) is 0 Å². The van der Waals surface area contributed by atoms with E-state index in [0.29, 0.717) is 24.2 Å². The fraction of sp³-hybridized carbons (Fsp3) is 0.250. The fourth-order valence-electron chi connectivity index (χ4n) is 1.57. The maximum Gasteiger partial charge on any atom is 0.258 e. The Morgan fingerprint density at radius 3 is 2.94 bits per heavy atom. The third-order valence-electron chi connectivity index (χ3n) is 2.43. The number of nitrogens with one attached hydrogen (secondary N) is 1. The largest absolute Gasteiger partial charge is 0.310 e. The highest BCUT2D eigenvalue weighted by Gasteiger charge is 2.05. The van der Waals surface area contributed by atoms with Crippen LogP contribution in [0.1, 0.15) is 19.2 Å². The molecule has 1 aromatic heterocycles. The number of benzene rings is 1. The van der Waals surface area contributed by atoms with E-state index in [1.807, 2.05) is 0 Å². The molecule has 1 N–H and O–H groups in total. The zero-order valence-corrected chi connectivity index (χ0v) is 9.29. The van der Waals surface area contributed by atoms with E-state index in [1.165, 1.54) is 19.1 Å². The van der Waals surface area contributed by atoms with Gasteiger partial charge in [-0.15, -0.1) is 0 Å². The number of fused-ring (bicyclic) bond motifs is 1. The Morgan fingerprint density at radius 2 is 2.24 bits per heavy atom. The topological polar surface area (TPSA) is 62.8 Å². The lowest BCUT2D eigenvalue weighted by Gasteiger charge is -2.01. The summed E-state index contributed by atoms with van der Waals surface area (Å²) in [5.74, 6) is 0.0115. The molecule has 0 spiro atoms. The Hall–Kier alpha value is -2.04. The van der Waals surface area contributed by atoms with Gasteiger partial charge in [0.05, 0.1) is 10.9 Å². The van der Waals surface area contributed by atoms with E-state index in [2.05, 4.69) is 9.97 Å². The number of nitrogens with zero attached hydrogens (tertiary/aromatic N) is 1. The smallest absolute Gasteiger partial charge is 0.258 e. The summed E-state index contributed by atoms with van der Waals surface area (Å²) in [4.78, 5) is 29.2. The zero-order valence-electron chi connectivity index (χ0n) is 9.29. The summed E-state index contributed by atoms with van der Waals surface area (Å²) < 4.78 is 12.9. The third-order valence-corrected chi connectivity index (χ3v) is 2.43. The quantitative estimate of drug-likeness (QED) is 0.877. The first kappa shape index (κ1) is 11.4. The molecule has 0 aliphatic heterocycles. The van der Waals surface area contributed by atoms with Gasteiger partial charge in [0.15, 0.2) is 0 Å². The molecule has 0 amide bonds. The van der Waals surface area contributed by atoms with E-state index in [4.69, 9.17) is 0 Å². The highest BCUT2D eigenvalue weighted by atomic mass is 19.1. The Kier molecular flexibility index (Phi) is 2.99. The second kappa shape index (κ2) is 4.45. The first-order chi connectivity index (χ1) is 8.06. The maximum atomic E-state index is 12.9. The number of rotatable bonds is 3. The van der Waals surface area contributed by atoms with Crippen LogP contribution in [0.4, 0.5) is 4.39 Å². The molecule has 88 valence electrons. The van der Waals surface area contributed by atoms with Crippen molar-refractivity contribution in [1.29, 1.82) is 0 Å². The van der Waals surface area contributed by atoms with Crippen LogP contribution in [0.2, 0.25) is 0 Å². The molecule has 2 aromatic rings. The highest BCUT2D eigenvalue weighted by molar-refractivity contribution is 5.78. The number of aryl methyl sites for hydroxylation is 1. The SMILES string of the molecule is CC(=O)CCc1nc2ccc(F)cc2c(=O)[nH]1. The van der Waals surface area contributed by atoms with Crippen LogP contribution in [0.25, 0.3) is 10.9 Å². The van der Waals surface area contributed by atoms with Crippen LogP contribution in [0.15, 0.2) is 23.0 Å². The maximum absolute atomic E-state index is 12.9. The van der Waals surface area contributed by atoms with Gasteiger partial charge < -0.3 is 9.78 Å². The molecular formula is C12H11FN2O2. The minimum Gasteiger partial charge on any atom is -0.310 e. The van der Waals surface area contributed by atoms with Crippen LogP contribution >= 0.6 is 0 Å². The van der Waals surface area contributed by atoms with E-state index >= 15 is 0 Å². The van der Waals surface area contributed by atoms with Gasteiger partial charge in [0.1, 0.15) is 17.4 Å². The average molecular weight is 234 g/mol. The normalized spacial score (nSPS) is 10.7. The van der Waals surface area contributed by atoms with Crippen molar-refractivity contribution in [2.75, 3.05) is 0 Å². The van der Waals surface area contributed by atoms with Crippen molar-refractivity contribution in [3.63, 3.8) is 0 Å². The van der Waals surface area contributed by atoms with E-state index < -0.39 is 5.82 Å². The minimum atomic E-state index is -0.471. The fourth-order valence-corrected chi connectivity index (χ4v) is 1.57. The first-order valence-corrected chi connectivity index (χ1v) is 5.24. The summed E-state index contributed by atoms with van der Waals surface area (Å²) >= 11 is 0.